The maximum atomic E-state index is 12.1. The summed E-state index contributed by atoms with van der Waals surface area (Å²) in [5.41, 5.74) is -0.394. The van der Waals surface area contributed by atoms with Crippen molar-refractivity contribution in [2.24, 2.45) is 0 Å². The van der Waals surface area contributed by atoms with E-state index in [9.17, 15) is 9.90 Å². The molecule has 0 spiro atoms. The second-order valence-electron chi connectivity index (χ2n) is 4.54. The Kier molecular flexibility index (Phi) is 4.91. The molecule has 1 heterocycles. The maximum Gasteiger partial charge on any atom is 0.240 e. The van der Waals surface area contributed by atoms with Gasteiger partial charge in [-0.15, -0.1) is 0 Å². The van der Waals surface area contributed by atoms with E-state index in [1.807, 2.05) is 20.8 Å². The number of methoxy groups -OCH3 is 1. The number of aliphatic hydroxyl groups excluding tert-OH is 1. The first kappa shape index (κ1) is 14.4. The molecule has 1 aliphatic rings. The van der Waals surface area contributed by atoms with Gasteiger partial charge in [-0.3, -0.25) is 14.6 Å². The number of amides is 1. The molecule has 0 aromatic rings. The summed E-state index contributed by atoms with van der Waals surface area (Å²) in [5.74, 6) is -0.0138. The van der Waals surface area contributed by atoms with Gasteiger partial charge in [-0.05, 0) is 12.8 Å². The van der Waals surface area contributed by atoms with Crippen molar-refractivity contribution in [3.8, 4) is 0 Å². The lowest BCUT2D eigenvalue weighted by Crippen LogP contribution is -2.57. The number of ether oxygens (including phenoxy) is 1. The monoisotopic (exact) mass is 244 g/mol. The van der Waals surface area contributed by atoms with Crippen LogP contribution >= 0.6 is 0 Å². The lowest BCUT2D eigenvalue weighted by molar-refractivity contribution is -0.156. The van der Waals surface area contributed by atoms with E-state index < -0.39 is 11.9 Å². The Labute approximate surface area is 103 Å². The van der Waals surface area contributed by atoms with Crippen LogP contribution in [0.4, 0.5) is 0 Å². The lowest BCUT2D eigenvalue weighted by atomic mass is 9.91. The van der Waals surface area contributed by atoms with Gasteiger partial charge in [-0.2, -0.15) is 0 Å². The van der Waals surface area contributed by atoms with Crippen LogP contribution in [-0.4, -0.2) is 59.5 Å². The first-order chi connectivity index (χ1) is 8.06. The zero-order valence-electron chi connectivity index (χ0n) is 11.3. The molecule has 1 N–H and O–H groups in total. The van der Waals surface area contributed by atoms with Crippen LogP contribution in [0.3, 0.4) is 0 Å². The van der Waals surface area contributed by atoms with Crippen molar-refractivity contribution in [3.05, 3.63) is 0 Å². The number of aliphatic hydroxyl groups is 1. The van der Waals surface area contributed by atoms with Crippen LogP contribution in [-0.2, 0) is 9.53 Å². The Hall–Kier alpha value is -0.650. The van der Waals surface area contributed by atoms with Crippen molar-refractivity contribution in [3.63, 3.8) is 0 Å². The third-order valence-electron chi connectivity index (χ3n) is 3.81. The second kappa shape index (κ2) is 5.80. The largest absolute Gasteiger partial charge is 0.382 e. The van der Waals surface area contributed by atoms with Crippen molar-refractivity contribution in [2.45, 2.75) is 45.5 Å². The fourth-order valence-corrected chi connectivity index (χ4v) is 2.54. The summed E-state index contributed by atoms with van der Waals surface area (Å²) >= 11 is 0. The minimum absolute atomic E-state index is 0.0138. The van der Waals surface area contributed by atoms with Crippen LogP contribution in [0.25, 0.3) is 0 Å². The highest BCUT2D eigenvalue weighted by molar-refractivity contribution is 5.81. The molecule has 0 radical (unpaired) electrons. The molecule has 1 unspecified atom stereocenters. The summed E-state index contributed by atoms with van der Waals surface area (Å²) in [4.78, 5) is 15.4. The third-order valence-corrected chi connectivity index (χ3v) is 3.81. The smallest absolute Gasteiger partial charge is 0.240 e. The van der Waals surface area contributed by atoms with E-state index in [1.54, 1.807) is 16.9 Å². The molecule has 1 atom stereocenters. The maximum absolute atomic E-state index is 12.1. The molecule has 0 bridgehead atoms. The number of carbonyl (C=O) groups excluding carboxylic acids is 1. The Bertz CT molecular complexity index is 266. The summed E-state index contributed by atoms with van der Waals surface area (Å²) in [6.45, 7) is 7.41. The van der Waals surface area contributed by atoms with Gasteiger partial charge < -0.3 is 9.84 Å². The van der Waals surface area contributed by atoms with E-state index in [0.29, 0.717) is 19.7 Å². The number of nitrogens with zero attached hydrogens (tertiary/aromatic N) is 2. The molecule has 1 rings (SSSR count). The summed E-state index contributed by atoms with van der Waals surface area (Å²) in [6.07, 6.45) is 0.734. The zero-order chi connectivity index (χ0) is 13.1. The fraction of sp³-hybridized carbons (Fsp3) is 0.917. The highest BCUT2D eigenvalue weighted by atomic mass is 16.5. The molecular formula is C12H24N2O3. The van der Waals surface area contributed by atoms with Gasteiger partial charge in [-0.1, -0.05) is 20.8 Å². The SMILES string of the molecule is CCN1CC(=O)N(C(CC)(CC)COC)C1O. The number of carbonyl (C=O) groups is 1. The van der Waals surface area contributed by atoms with Crippen LogP contribution in [0.5, 0.6) is 0 Å². The molecule has 0 saturated carbocycles. The summed E-state index contributed by atoms with van der Waals surface area (Å²) < 4.78 is 5.24. The van der Waals surface area contributed by atoms with E-state index in [-0.39, 0.29) is 5.91 Å². The van der Waals surface area contributed by atoms with E-state index in [1.165, 1.54) is 0 Å². The Morgan fingerprint density at radius 1 is 1.41 bits per heavy atom. The molecule has 100 valence electrons. The van der Waals surface area contributed by atoms with E-state index >= 15 is 0 Å². The van der Waals surface area contributed by atoms with Gasteiger partial charge in [0.05, 0.1) is 18.7 Å². The molecule has 1 amide bonds. The molecular weight excluding hydrogens is 220 g/mol. The van der Waals surface area contributed by atoms with Gasteiger partial charge in [0.2, 0.25) is 5.91 Å². The average molecular weight is 244 g/mol. The highest BCUT2D eigenvalue weighted by Gasteiger charge is 2.47. The molecule has 17 heavy (non-hydrogen) atoms. The van der Waals surface area contributed by atoms with Crippen LogP contribution in [0, 0.1) is 0 Å². The minimum atomic E-state index is -0.817. The molecule has 5 heteroatoms. The van der Waals surface area contributed by atoms with Gasteiger partial charge in [0, 0.05) is 13.7 Å². The molecule has 0 aliphatic carbocycles. The quantitative estimate of drug-likeness (QED) is 0.744. The zero-order valence-corrected chi connectivity index (χ0v) is 11.3. The Morgan fingerprint density at radius 3 is 2.35 bits per heavy atom. The van der Waals surface area contributed by atoms with Crippen molar-refractivity contribution < 1.29 is 14.6 Å². The second-order valence-corrected chi connectivity index (χ2v) is 4.54. The number of likely N-dealkylation sites (N-methyl/N-ethyl adjacent to an activating group) is 1. The first-order valence-corrected chi connectivity index (χ1v) is 6.29. The fourth-order valence-electron chi connectivity index (χ4n) is 2.54. The highest BCUT2D eigenvalue weighted by Crippen LogP contribution is 2.30. The summed E-state index contributed by atoms with van der Waals surface area (Å²) in [5, 5.41) is 10.2. The van der Waals surface area contributed by atoms with Crippen molar-refractivity contribution >= 4 is 5.91 Å². The van der Waals surface area contributed by atoms with Gasteiger partial charge >= 0.3 is 0 Å². The van der Waals surface area contributed by atoms with Crippen LogP contribution in [0.15, 0.2) is 0 Å². The summed E-state index contributed by atoms with van der Waals surface area (Å²) in [7, 11) is 1.63. The van der Waals surface area contributed by atoms with Crippen LogP contribution in [0.1, 0.15) is 33.6 Å². The van der Waals surface area contributed by atoms with Gasteiger partial charge in [-0.25, -0.2) is 0 Å². The van der Waals surface area contributed by atoms with E-state index in [4.69, 9.17) is 4.74 Å². The molecule has 1 fully saturated rings. The van der Waals surface area contributed by atoms with Gasteiger partial charge in [0.25, 0.3) is 0 Å². The lowest BCUT2D eigenvalue weighted by Gasteiger charge is -2.42. The standard InChI is InChI=1S/C12H24N2O3/c1-5-12(6-2,9-17-4)14-10(15)8-13(7-3)11(14)16/h11,16H,5-9H2,1-4H3. The minimum Gasteiger partial charge on any atom is -0.382 e. The number of hydrogen-bond acceptors (Lipinski definition) is 4. The average Bonchev–Trinajstić information content (AvgIpc) is 2.62. The Morgan fingerprint density at radius 2 is 2.00 bits per heavy atom. The van der Waals surface area contributed by atoms with Crippen molar-refractivity contribution in [2.75, 3.05) is 26.8 Å². The Balaban J connectivity index is 2.98. The molecule has 0 aromatic heterocycles. The molecule has 5 nitrogen and oxygen atoms in total. The third kappa shape index (κ3) is 2.46. The molecule has 1 aliphatic heterocycles. The molecule has 1 saturated heterocycles. The number of rotatable bonds is 6. The number of hydrogen-bond donors (Lipinski definition) is 1. The first-order valence-electron chi connectivity index (χ1n) is 6.29. The predicted molar refractivity (Wildman–Crippen MR) is 65.3 cm³/mol. The van der Waals surface area contributed by atoms with E-state index in [2.05, 4.69) is 0 Å². The predicted octanol–water partition coefficient (Wildman–Crippen LogP) is 0.632. The summed E-state index contributed by atoms with van der Waals surface area (Å²) in [6, 6.07) is 0. The van der Waals surface area contributed by atoms with Crippen molar-refractivity contribution in [1.29, 1.82) is 0 Å². The van der Waals surface area contributed by atoms with Crippen LogP contribution < -0.4 is 0 Å². The van der Waals surface area contributed by atoms with Gasteiger partial charge in [0.1, 0.15) is 0 Å². The van der Waals surface area contributed by atoms with Crippen molar-refractivity contribution in [1.82, 2.24) is 9.80 Å². The normalized spacial score (nSPS) is 22.5. The van der Waals surface area contributed by atoms with Crippen LogP contribution in [0.2, 0.25) is 0 Å². The molecule has 0 aromatic carbocycles. The topological polar surface area (TPSA) is 53.0 Å². The van der Waals surface area contributed by atoms with E-state index in [0.717, 1.165) is 12.8 Å². The van der Waals surface area contributed by atoms with Gasteiger partial charge in [0.15, 0.2) is 6.35 Å².